The van der Waals surface area contributed by atoms with Gasteiger partial charge in [0.05, 0.1) is 18.5 Å². The molecule has 0 saturated carbocycles. The summed E-state index contributed by atoms with van der Waals surface area (Å²) in [5.41, 5.74) is 0.417. The Balaban J connectivity index is 1.60. The average Bonchev–Trinajstić information content (AvgIpc) is 2.76. The first-order valence-corrected chi connectivity index (χ1v) is 12.1. The predicted molar refractivity (Wildman–Crippen MR) is 110 cm³/mol. The molecule has 2 saturated heterocycles. The Morgan fingerprint density at radius 3 is 2.16 bits per heavy atom. The quantitative estimate of drug-likeness (QED) is 0.540. The fourth-order valence-electron chi connectivity index (χ4n) is 4.13. The Morgan fingerprint density at radius 2 is 1.66 bits per heavy atom. The summed E-state index contributed by atoms with van der Waals surface area (Å²) in [6.45, 7) is 0.112. The Hall–Kier alpha value is -2.02. The fraction of sp³-hybridized carbons (Fsp3) is 0.650. The molecule has 0 radical (unpaired) electrons. The number of piperidine rings is 2. The number of carbonyl (C=O) groups is 1. The topological polar surface area (TPSA) is 128 Å². The van der Waals surface area contributed by atoms with Gasteiger partial charge in [-0.2, -0.15) is 0 Å². The molecule has 2 aliphatic heterocycles. The van der Waals surface area contributed by atoms with Gasteiger partial charge >= 0.3 is 6.09 Å². The molecule has 2 fully saturated rings. The number of hydrogen-bond acceptors (Lipinski definition) is 6. The molecule has 1 amide bonds. The van der Waals surface area contributed by atoms with Gasteiger partial charge in [0.1, 0.15) is 6.10 Å². The Labute approximate surface area is 185 Å². The molecular formula is C20H28F2N2O7S. The maximum atomic E-state index is 14.6. The maximum absolute atomic E-state index is 14.6. The Morgan fingerprint density at radius 1 is 1.09 bits per heavy atom. The zero-order chi connectivity index (χ0) is 23.5. The van der Waals surface area contributed by atoms with Crippen molar-refractivity contribution in [2.45, 2.75) is 43.8 Å². The van der Waals surface area contributed by atoms with Gasteiger partial charge in [-0.1, -0.05) is 0 Å². The van der Waals surface area contributed by atoms with E-state index in [0.717, 1.165) is 0 Å². The third-order valence-corrected chi connectivity index (χ3v) is 7.91. The molecule has 12 heteroatoms. The van der Waals surface area contributed by atoms with Crippen LogP contribution in [0.2, 0.25) is 0 Å². The van der Waals surface area contributed by atoms with Gasteiger partial charge in [0.2, 0.25) is 10.0 Å². The van der Waals surface area contributed by atoms with E-state index in [9.17, 15) is 27.1 Å². The number of halogens is 2. The molecule has 1 aromatic rings. The minimum absolute atomic E-state index is 0.148. The van der Waals surface area contributed by atoms with Crippen molar-refractivity contribution in [1.29, 1.82) is 0 Å². The van der Waals surface area contributed by atoms with Crippen molar-refractivity contribution in [2.24, 2.45) is 0 Å². The standard InChI is InChI=1S/C20H28F2N2O7S/c21-17-9-14(13-1-7-24(8-2-13)32(29,30)12-15(26)11-25)10-18(22)19(17)31-16-3-5-23(6-4-16)20(27)28/h9-10,13,15-16,25-26H,1-8,11-12H2,(H,27,28)/t15-/m0/s1. The van der Waals surface area contributed by atoms with E-state index in [-0.39, 0.29) is 32.1 Å². The summed E-state index contributed by atoms with van der Waals surface area (Å²) in [4.78, 5) is 12.2. The smallest absolute Gasteiger partial charge is 0.407 e. The third kappa shape index (κ3) is 5.85. The zero-order valence-electron chi connectivity index (χ0n) is 17.5. The number of hydrogen-bond donors (Lipinski definition) is 3. The van der Waals surface area contributed by atoms with Crippen LogP contribution >= 0.6 is 0 Å². The number of aliphatic hydroxyl groups excluding tert-OH is 2. The molecule has 2 heterocycles. The van der Waals surface area contributed by atoms with Gasteiger partial charge in [-0.15, -0.1) is 0 Å². The normalized spacial score (nSPS) is 20.3. The van der Waals surface area contributed by atoms with Crippen LogP contribution in [-0.2, 0) is 10.0 Å². The van der Waals surface area contributed by atoms with Crippen molar-refractivity contribution in [1.82, 2.24) is 9.21 Å². The number of likely N-dealkylation sites (tertiary alicyclic amines) is 1. The van der Waals surface area contributed by atoms with E-state index < -0.39 is 58.1 Å². The summed E-state index contributed by atoms with van der Waals surface area (Å²) in [5, 5.41) is 27.3. The van der Waals surface area contributed by atoms with Gasteiger partial charge < -0.3 is 25.0 Å². The highest BCUT2D eigenvalue weighted by atomic mass is 32.2. The van der Waals surface area contributed by atoms with E-state index in [2.05, 4.69) is 0 Å². The first-order valence-electron chi connectivity index (χ1n) is 10.5. The summed E-state index contributed by atoms with van der Waals surface area (Å²) >= 11 is 0. The highest BCUT2D eigenvalue weighted by Gasteiger charge is 2.31. The molecule has 3 N–H and O–H groups in total. The van der Waals surface area contributed by atoms with Crippen LogP contribution < -0.4 is 4.74 Å². The number of aliphatic hydroxyl groups is 2. The number of nitrogens with zero attached hydrogens (tertiary/aromatic N) is 2. The lowest BCUT2D eigenvalue weighted by molar-refractivity contribution is 0.0847. The van der Waals surface area contributed by atoms with Crippen LogP contribution in [0.4, 0.5) is 13.6 Å². The van der Waals surface area contributed by atoms with E-state index in [1.54, 1.807) is 0 Å². The molecule has 0 spiro atoms. The predicted octanol–water partition coefficient (Wildman–Crippen LogP) is 1.35. The van der Waals surface area contributed by atoms with Crippen LogP contribution in [0.3, 0.4) is 0 Å². The van der Waals surface area contributed by atoms with Crippen LogP contribution in [-0.4, -0.2) is 89.8 Å². The SMILES string of the molecule is O=C(O)N1CCC(Oc2c(F)cc(C3CCN(S(=O)(=O)C[C@@H](O)CO)CC3)cc2F)CC1. The van der Waals surface area contributed by atoms with Gasteiger partial charge in [-0.05, 0) is 36.5 Å². The number of sulfonamides is 1. The molecule has 180 valence electrons. The van der Waals surface area contributed by atoms with Crippen LogP contribution in [0.5, 0.6) is 5.75 Å². The molecule has 0 aromatic heterocycles. The van der Waals surface area contributed by atoms with Crippen molar-refractivity contribution in [3.05, 3.63) is 29.3 Å². The second-order valence-corrected chi connectivity index (χ2v) is 10.2. The molecule has 0 bridgehead atoms. The third-order valence-electron chi connectivity index (χ3n) is 5.95. The van der Waals surface area contributed by atoms with Gasteiger partial charge in [-0.3, -0.25) is 0 Å². The highest BCUT2D eigenvalue weighted by molar-refractivity contribution is 7.89. The monoisotopic (exact) mass is 478 g/mol. The Kier molecular flexibility index (Phi) is 7.91. The summed E-state index contributed by atoms with van der Waals surface area (Å²) in [5.74, 6) is -2.99. The number of benzene rings is 1. The molecule has 1 atom stereocenters. The number of carboxylic acid groups (broad SMARTS) is 1. The second kappa shape index (κ2) is 10.3. The number of ether oxygens (including phenoxy) is 1. The van der Waals surface area contributed by atoms with Crippen LogP contribution in [0.15, 0.2) is 12.1 Å². The molecule has 2 aliphatic rings. The van der Waals surface area contributed by atoms with Gasteiger partial charge in [0, 0.05) is 39.0 Å². The minimum Gasteiger partial charge on any atom is -0.484 e. The summed E-state index contributed by atoms with van der Waals surface area (Å²) < 4.78 is 60.6. The van der Waals surface area contributed by atoms with Gasteiger partial charge in [-0.25, -0.2) is 26.3 Å². The molecule has 1 aromatic carbocycles. The fourth-order valence-corrected chi connectivity index (χ4v) is 5.70. The van der Waals surface area contributed by atoms with Crippen molar-refractivity contribution in [3.8, 4) is 5.75 Å². The van der Waals surface area contributed by atoms with Crippen LogP contribution in [0.25, 0.3) is 0 Å². The van der Waals surface area contributed by atoms with Crippen molar-refractivity contribution >= 4 is 16.1 Å². The first kappa shape index (κ1) is 24.6. The van der Waals surface area contributed by atoms with E-state index in [1.165, 1.54) is 21.3 Å². The number of rotatable bonds is 7. The average molecular weight is 479 g/mol. The van der Waals surface area contributed by atoms with E-state index in [0.29, 0.717) is 31.2 Å². The van der Waals surface area contributed by atoms with Gasteiger partial charge in [0.25, 0.3) is 0 Å². The molecular weight excluding hydrogens is 450 g/mol. The Bertz CT molecular complexity index is 892. The van der Waals surface area contributed by atoms with Crippen LogP contribution in [0, 0.1) is 11.6 Å². The molecule has 3 rings (SSSR count). The van der Waals surface area contributed by atoms with Crippen molar-refractivity contribution < 1.29 is 42.0 Å². The zero-order valence-corrected chi connectivity index (χ0v) is 18.3. The molecule has 0 unspecified atom stereocenters. The lowest BCUT2D eigenvalue weighted by Gasteiger charge is -2.32. The molecule has 0 aliphatic carbocycles. The van der Waals surface area contributed by atoms with Crippen molar-refractivity contribution in [3.63, 3.8) is 0 Å². The lowest BCUT2D eigenvalue weighted by atomic mass is 9.90. The summed E-state index contributed by atoms with van der Waals surface area (Å²) in [6, 6.07) is 2.41. The highest BCUT2D eigenvalue weighted by Crippen LogP contribution is 2.34. The van der Waals surface area contributed by atoms with Gasteiger partial charge in [0.15, 0.2) is 17.4 Å². The summed E-state index contributed by atoms with van der Waals surface area (Å²) in [7, 11) is -3.73. The van der Waals surface area contributed by atoms with E-state index in [1.807, 2.05) is 0 Å². The van der Waals surface area contributed by atoms with Crippen molar-refractivity contribution in [2.75, 3.05) is 38.5 Å². The van der Waals surface area contributed by atoms with E-state index in [4.69, 9.17) is 14.9 Å². The lowest BCUT2D eigenvalue weighted by Crippen LogP contribution is -2.42. The minimum atomic E-state index is -3.73. The van der Waals surface area contributed by atoms with E-state index >= 15 is 0 Å². The molecule has 9 nitrogen and oxygen atoms in total. The second-order valence-electron chi connectivity index (χ2n) is 8.19. The maximum Gasteiger partial charge on any atom is 0.407 e. The molecule has 32 heavy (non-hydrogen) atoms. The number of amides is 1. The summed E-state index contributed by atoms with van der Waals surface area (Å²) in [6.07, 6.45) is -1.47. The van der Waals surface area contributed by atoms with Crippen LogP contribution in [0.1, 0.15) is 37.2 Å². The largest absolute Gasteiger partial charge is 0.484 e. The first-order chi connectivity index (χ1) is 15.1.